The van der Waals surface area contributed by atoms with Crippen LogP contribution < -0.4 is 145 Å². The van der Waals surface area contributed by atoms with Crippen molar-refractivity contribution in [3.8, 4) is 11.5 Å². The molecule has 1 aliphatic carbocycles. The minimum atomic E-state index is -0.401. The van der Waals surface area contributed by atoms with Crippen LogP contribution in [0.15, 0.2) is 107 Å². The minimum absolute atomic E-state index is 0. The number of halogens is 2. The molecule has 0 fully saturated rings. The molecule has 8 N–H and O–H groups in total. The van der Waals surface area contributed by atoms with Gasteiger partial charge >= 0.3 is 109 Å². The zero-order valence-corrected chi connectivity index (χ0v) is 44.7. The van der Waals surface area contributed by atoms with E-state index in [9.17, 15) is 24.0 Å². The maximum absolute atomic E-state index is 12.1. The number of rotatable bonds is 13. The third kappa shape index (κ3) is 27.4. The molecule has 18 nitrogen and oxygen atoms in total. The standard InChI is InChI=1S/C18H19N3O4.C18H16N2O4.CH2I.CH2O3.ClH.2K.H3NO.V.H/c1-12(21-24)13-7-9-14(10-8-13)25-11-17(22)20-16-6-4-3-5-15(16)18(23)19-2;1-12(21)13-7-9-14(10-8-13)24-11-17(22)20-16-6-4-3-5-15(16)18(23)19-2;1-2;2-1-4-3;;;;1-2;;/h3-10,24H,11H2,1-2H3,(H,19,23)(H,20,22);4-10H,11H2,1-2H3,(H-,19,20,22,23);1H2;1,3H;1H;;;2H,1H2;;/q;;-1;;;2*+1;;;-1/b21-12+;;;;;;;;;. The molecule has 0 spiro atoms. The molecule has 4 rings (SSSR count). The van der Waals surface area contributed by atoms with E-state index in [1.807, 2.05) is 22.6 Å². The Hall–Kier alpha value is -2.36. The summed E-state index contributed by atoms with van der Waals surface area (Å²) in [4.78, 5) is 73.2. The Balaban J connectivity index is -0.000000202. The van der Waals surface area contributed by atoms with Gasteiger partial charge in [0.25, 0.3) is 24.2 Å². The summed E-state index contributed by atoms with van der Waals surface area (Å²) in [5.74, 6) is 3.06. The first-order valence-corrected chi connectivity index (χ1v) is 17.5. The van der Waals surface area contributed by atoms with Crippen LogP contribution in [0.1, 0.15) is 41.6 Å². The van der Waals surface area contributed by atoms with Gasteiger partial charge in [0.15, 0.2) is 30.3 Å². The van der Waals surface area contributed by atoms with E-state index in [-0.39, 0.29) is 178 Å². The molecule has 61 heavy (non-hydrogen) atoms. The molecule has 3 aromatic rings. The number of oxime groups is 1. The molecule has 0 bridgehead atoms. The maximum Gasteiger partial charge on any atom is 1.00 e. The SMILES string of the molecule is CNC(=O)C1=C(NC(=O)COc2ccc(C(C)=O)cc2)C=C[C+]=C1.CNC(=O)c1ccccc1NC(=O)COc1ccc(/C(C)=N/O)cc1.Cl.NO.O=CO[O-].[CH2-]I.[H-].[K+].[K+].[V]. The van der Waals surface area contributed by atoms with Crippen LogP contribution in [0.5, 0.6) is 11.5 Å². The van der Waals surface area contributed by atoms with Gasteiger partial charge in [0.1, 0.15) is 23.7 Å². The number of ketones is 1. The third-order valence-electron chi connectivity index (χ3n) is 6.74. The largest absolute Gasteiger partial charge is 1.00 e. The number of nitrogens with zero attached hydrogens (tertiary/aromatic N) is 1. The number of amides is 4. The van der Waals surface area contributed by atoms with Crippen molar-refractivity contribution < 1.29 is 182 Å². The number of hydrogen-bond donors (Lipinski definition) is 7. The summed E-state index contributed by atoms with van der Waals surface area (Å²) in [6.07, 6.45) is 7.47. The molecular weight excluding hydrogens is 1020 g/mol. The van der Waals surface area contributed by atoms with Crippen LogP contribution >= 0.6 is 35.0 Å². The Morgan fingerprint density at radius 2 is 1.30 bits per heavy atom. The van der Waals surface area contributed by atoms with Crippen LogP contribution in [0.3, 0.4) is 0 Å². The fourth-order valence-corrected chi connectivity index (χ4v) is 4.09. The maximum atomic E-state index is 12.1. The number of anilines is 1. The van der Waals surface area contributed by atoms with E-state index in [2.05, 4.69) is 48.2 Å². The molecule has 3 aromatic carbocycles. The van der Waals surface area contributed by atoms with E-state index in [4.69, 9.17) is 29.9 Å². The first-order chi connectivity index (χ1) is 27.5. The summed E-state index contributed by atoms with van der Waals surface area (Å²) >= 11 is 1.90. The average molecular weight is 1070 g/mol. The van der Waals surface area contributed by atoms with Gasteiger partial charge in [-0.1, -0.05) is 17.3 Å². The van der Waals surface area contributed by atoms with Crippen LogP contribution in [0.25, 0.3) is 0 Å². The van der Waals surface area contributed by atoms with Crippen molar-refractivity contribution in [3.05, 3.63) is 130 Å². The Bertz CT molecular complexity index is 1910. The second-order valence-corrected chi connectivity index (χ2v) is 10.3. The van der Waals surface area contributed by atoms with Crippen molar-refractivity contribution in [2.45, 2.75) is 13.8 Å². The topological polar surface area (TPSA) is 280 Å². The zero-order chi connectivity index (χ0) is 43.2. The van der Waals surface area contributed by atoms with E-state index in [1.54, 1.807) is 91.9 Å². The second-order valence-electron chi connectivity index (χ2n) is 10.3. The van der Waals surface area contributed by atoms with Gasteiger partial charge in [-0.2, -0.15) is 0 Å². The number of ether oxygens (including phenoxy) is 2. The smallest absolute Gasteiger partial charge is 1.00 e. The van der Waals surface area contributed by atoms with Crippen molar-refractivity contribution in [2.24, 2.45) is 11.1 Å². The molecule has 1 radical (unpaired) electrons. The number of nitrogens with two attached hydrogens (primary N) is 1. The summed E-state index contributed by atoms with van der Waals surface area (Å²) in [6.45, 7) is 2.55. The quantitative estimate of drug-likeness (QED) is 0.0104. The van der Waals surface area contributed by atoms with E-state index in [0.29, 0.717) is 45.3 Å². The summed E-state index contributed by atoms with van der Waals surface area (Å²) in [7, 11) is 3.03. The Kier molecular flexibility index (Phi) is 46.2. The van der Waals surface area contributed by atoms with E-state index in [1.165, 1.54) is 27.1 Å². The first kappa shape index (κ1) is 67.7. The van der Waals surface area contributed by atoms with E-state index >= 15 is 0 Å². The van der Waals surface area contributed by atoms with E-state index in [0.717, 1.165) is 5.56 Å². The fourth-order valence-electron chi connectivity index (χ4n) is 4.09. The summed E-state index contributed by atoms with van der Waals surface area (Å²) in [5.41, 5.74) is 3.30. The van der Waals surface area contributed by atoms with Crippen LogP contribution in [0, 0.1) is 11.0 Å². The van der Waals surface area contributed by atoms with Gasteiger partial charge in [-0.15, -0.1) is 12.4 Å². The Morgan fingerprint density at radius 3 is 1.74 bits per heavy atom. The monoisotopic (exact) mass is 1070 g/mol. The first-order valence-electron chi connectivity index (χ1n) is 16.0. The average Bonchev–Trinajstić information content (AvgIpc) is 3.26. The number of nitrogens with one attached hydrogen (secondary N) is 4. The van der Waals surface area contributed by atoms with Crippen LogP contribution in [0.4, 0.5) is 5.69 Å². The molecule has 1 aliphatic rings. The Morgan fingerprint density at radius 1 is 0.836 bits per heavy atom. The normalized spacial score (nSPS) is 9.89. The number of carbonyl (C=O) groups excluding carboxylic acids is 6. The van der Waals surface area contributed by atoms with Gasteiger partial charge in [-0.05, 0) is 80.1 Å². The van der Waals surface area contributed by atoms with Crippen molar-refractivity contribution in [1.29, 1.82) is 0 Å². The molecule has 0 heterocycles. The number of benzene rings is 3. The van der Waals surface area contributed by atoms with Gasteiger partial charge in [0.05, 0.1) is 23.0 Å². The molecule has 319 valence electrons. The third-order valence-corrected chi connectivity index (χ3v) is 6.74. The van der Waals surface area contributed by atoms with Crippen molar-refractivity contribution in [3.63, 3.8) is 0 Å². The van der Waals surface area contributed by atoms with Crippen molar-refractivity contribution in [2.75, 3.05) is 32.6 Å². The number of para-hydroxylation sites is 1. The molecule has 0 saturated carbocycles. The second kappa shape index (κ2) is 41.6. The minimum Gasteiger partial charge on any atom is -1.00 e. The molecule has 4 amide bonds. The fraction of sp³-hybridized carbons (Fsp3) is 0.158. The zero-order valence-electron chi connectivity index (χ0n) is 35.1. The number of allylic oxidation sites excluding steroid dienone is 3. The number of hydrogen-bond acceptors (Lipinski definition) is 14. The molecule has 23 heteroatoms. The molecular formula is C38H44ClIK2N6O12V. The van der Waals surface area contributed by atoms with E-state index < -0.39 is 5.91 Å². The summed E-state index contributed by atoms with van der Waals surface area (Å²) in [5, 5.41) is 37.1. The predicted octanol–water partition coefficient (Wildman–Crippen LogP) is -2.90. The summed E-state index contributed by atoms with van der Waals surface area (Å²) in [6, 6.07) is 20.0. The number of Topliss-reactive ketones (excluding diaryl/α,β-unsaturated/α-hetero) is 1. The molecule has 0 atom stereocenters. The Labute approximate surface area is 472 Å². The van der Waals surface area contributed by atoms with Crippen molar-refractivity contribution >= 4 is 82.3 Å². The molecule has 0 unspecified atom stereocenters. The molecule has 0 saturated heterocycles. The van der Waals surface area contributed by atoms with Crippen LogP contribution in [-0.2, 0) is 42.6 Å². The molecule has 0 aromatic heterocycles. The summed E-state index contributed by atoms with van der Waals surface area (Å²) < 4.78 is 10.8. The van der Waals surface area contributed by atoms with Crippen LogP contribution in [0.2, 0.25) is 0 Å². The molecule has 0 aliphatic heterocycles. The number of carbonyl (C=O) groups is 6. The van der Waals surface area contributed by atoms with Gasteiger partial charge in [-0.25, -0.2) is 5.90 Å². The van der Waals surface area contributed by atoms with Gasteiger partial charge in [0.2, 0.25) is 0 Å². The van der Waals surface area contributed by atoms with Gasteiger partial charge in [0, 0.05) is 44.3 Å². The van der Waals surface area contributed by atoms with Gasteiger partial charge in [-0.3, -0.25) is 33.7 Å². The van der Waals surface area contributed by atoms with Crippen molar-refractivity contribution in [1.82, 2.24) is 16.0 Å². The number of likely N-dealkylation sites (N-methyl/N-ethyl adjacent to an activating group) is 1. The van der Waals surface area contributed by atoms with Crippen LogP contribution in [-0.4, -0.2) is 79.3 Å². The van der Waals surface area contributed by atoms with Gasteiger partial charge < -0.3 is 75.3 Å². The predicted molar refractivity (Wildman–Crippen MR) is 223 cm³/mol.